The number of esters is 1. The maximum absolute atomic E-state index is 12.2. The molecule has 0 spiro atoms. The molecule has 7 heteroatoms. The maximum Gasteiger partial charge on any atom is 0.337 e. The molecule has 0 aliphatic carbocycles. The molecule has 0 bridgehead atoms. The average Bonchev–Trinajstić information content (AvgIpc) is 3.50. The lowest BCUT2D eigenvalue weighted by atomic mass is 10.00. The third-order valence-electron chi connectivity index (χ3n) is 6.50. The molecule has 3 heterocycles. The van der Waals surface area contributed by atoms with E-state index in [-0.39, 0.29) is 18.1 Å². The van der Waals surface area contributed by atoms with E-state index < -0.39 is 0 Å². The van der Waals surface area contributed by atoms with Crippen molar-refractivity contribution in [2.45, 2.75) is 25.9 Å². The Kier molecular flexibility index (Phi) is 6.09. The first kappa shape index (κ1) is 22.8. The SMILES string of the molecule is COC(=O)c1cccc(-n2cccc2[C@H]2[C@@H](c3ccccn3)NC(=S)N2c2ccc(C)c(C)c2)c1. The van der Waals surface area contributed by atoms with Crippen molar-refractivity contribution < 1.29 is 9.53 Å². The summed E-state index contributed by atoms with van der Waals surface area (Å²) in [5.41, 5.74) is 6.74. The Bertz CT molecular complexity index is 1400. The van der Waals surface area contributed by atoms with Crippen molar-refractivity contribution in [3.8, 4) is 5.69 Å². The summed E-state index contributed by atoms with van der Waals surface area (Å²) in [5.74, 6) is -0.368. The fraction of sp³-hybridized carbons (Fsp3) is 0.179. The summed E-state index contributed by atoms with van der Waals surface area (Å²) in [6.45, 7) is 4.21. The Hall–Kier alpha value is -3.97. The average molecular weight is 483 g/mol. The molecule has 2 aromatic carbocycles. The van der Waals surface area contributed by atoms with Crippen molar-refractivity contribution in [1.82, 2.24) is 14.9 Å². The van der Waals surface area contributed by atoms with Gasteiger partial charge in [-0.3, -0.25) is 4.98 Å². The van der Waals surface area contributed by atoms with Crippen LogP contribution in [0.15, 0.2) is 85.2 Å². The Balaban J connectivity index is 1.66. The number of ether oxygens (including phenoxy) is 1. The van der Waals surface area contributed by atoms with Crippen molar-refractivity contribution in [3.05, 3.63) is 113 Å². The number of rotatable bonds is 5. The van der Waals surface area contributed by atoms with Crippen molar-refractivity contribution >= 4 is 29.0 Å². The fourth-order valence-electron chi connectivity index (χ4n) is 4.58. The number of aryl methyl sites for hydroxylation is 2. The van der Waals surface area contributed by atoms with Gasteiger partial charge in [-0.2, -0.15) is 0 Å². The second-order valence-corrected chi connectivity index (χ2v) is 9.00. The van der Waals surface area contributed by atoms with E-state index in [1.165, 1.54) is 18.2 Å². The monoisotopic (exact) mass is 482 g/mol. The standard InChI is InChI=1S/C28H26N4O2S/c1-18-12-13-22(16-19(18)2)32-26(25(30-28(32)35)23-10-4-5-14-29-23)24-11-7-15-31(24)21-9-6-8-20(17-21)27(33)34-3/h4-17,25-26H,1-3H3,(H,30,35)/t25-,26+/m1/s1. The number of thiocarbonyl (C=S) groups is 1. The van der Waals surface area contributed by atoms with Crippen LogP contribution in [0.1, 0.15) is 45.0 Å². The minimum absolute atomic E-state index is 0.164. The first-order valence-corrected chi connectivity index (χ1v) is 11.8. The summed E-state index contributed by atoms with van der Waals surface area (Å²) in [5, 5.41) is 4.16. The zero-order valence-electron chi connectivity index (χ0n) is 19.8. The van der Waals surface area contributed by atoms with E-state index in [1.54, 1.807) is 12.3 Å². The van der Waals surface area contributed by atoms with E-state index in [2.05, 4.69) is 57.9 Å². The Labute approximate surface area is 210 Å². The van der Waals surface area contributed by atoms with Crippen molar-refractivity contribution in [2.24, 2.45) is 0 Å². The van der Waals surface area contributed by atoms with Crippen LogP contribution in [0, 0.1) is 13.8 Å². The number of benzene rings is 2. The molecule has 176 valence electrons. The number of methoxy groups -OCH3 is 1. The quantitative estimate of drug-likeness (QED) is 0.301. The molecule has 35 heavy (non-hydrogen) atoms. The highest BCUT2D eigenvalue weighted by atomic mass is 32.1. The van der Waals surface area contributed by atoms with Crippen LogP contribution in [0.25, 0.3) is 5.69 Å². The predicted molar refractivity (Wildman–Crippen MR) is 141 cm³/mol. The number of hydrogen-bond donors (Lipinski definition) is 1. The van der Waals surface area contributed by atoms with Crippen LogP contribution in [-0.4, -0.2) is 27.7 Å². The molecule has 6 nitrogen and oxygen atoms in total. The molecule has 5 rings (SSSR count). The summed E-state index contributed by atoms with van der Waals surface area (Å²) in [6, 6.07) is 23.5. The van der Waals surface area contributed by atoms with Gasteiger partial charge in [-0.15, -0.1) is 0 Å². The second kappa shape index (κ2) is 9.35. The van der Waals surface area contributed by atoms with Crippen LogP contribution in [-0.2, 0) is 4.74 Å². The van der Waals surface area contributed by atoms with Gasteiger partial charge in [-0.25, -0.2) is 4.79 Å². The third kappa shape index (κ3) is 4.19. The molecule has 2 aromatic heterocycles. The number of nitrogens with one attached hydrogen (secondary N) is 1. The number of pyridine rings is 1. The van der Waals surface area contributed by atoms with Gasteiger partial charge in [0, 0.05) is 29.5 Å². The number of carbonyl (C=O) groups excluding carboxylic acids is 1. The van der Waals surface area contributed by atoms with Gasteiger partial charge in [0.1, 0.15) is 6.04 Å². The second-order valence-electron chi connectivity index (χ2n) is 8.61. The van der Waals surface area contributed by atoms with Crippen LogP contribution >= 0.6 is 12.2 Å². The molecule has 0 saturated carbocycles. The number of aromatic nitrogens is 2. The summed E-state index contributed by atoms with van der Waals surface area (Å²) >= 11 is 5.87. The first-order valence-electron chi connectivity index (χ1n) is 11.4. The molecule has 1 aliphatic rings. The summed E-state index contributed by atoms with van der Waals surface area (Å²) in [4.78, 5) is 19.0. The van der Waals surface area contributed by atoms with Gasteiger partial charge in [0.25, 0.3) is 0 Å². The Morgan fingerprint density at radius 2 is 1.83 bits per heavy atom. The molecular formula is C28H26N4O2S. The zero-order chi connectivity index (χ0) is 24.5. The highest BCUT2D eigenvalue weighted by molar-refractivity contribution is 7.80. The number of anilines is 1. The van der Waals surface area contributed by atoms with Crippen LogP contribution in [0.2, 0.25) is 0 Å². The minimum atomic E-state index is -0.368. The third-order valence-corrected chi connectivity index (χ3v) is 6.81. The number of nitrogens with zero attached hydrogens (tertiary/aromatic N) is 3. The van der Waals surface area contributed by atoms with Crippen molar-refractivity contribution in [3.63, 3.8) is 0 Å². The lowest BCUT2D eigenvalue weighted by Gasteiger charge is -2.29. The van der Waals surface area contributed by atoms with Gasteiger partial charge in [-0.05, 0) is 91.8 Å². The minimum Gasteiger partial charge on any atom is -0.465 e. The first-order chi connectivity index (χ1) is 17.0. The molecule has 1 fully saturated rings. The largest absolute Gasteiger partial charge is 0.465 e. The van der Waals surface area contributed by atoms with Crippen LogP contribution < -0.4 is 10.2 Å². The number of hydrogen-bond acceptors (Lipinski definition) is 4. The topological polar surface area (TPSA) is 59.4 Å². The normalized spacial score (nSPS) is 17.3. The molecule has 1 saturated heterocycles. The van der Waals surface area contributed by atoms with Crippen molar-refractivity contribution in [1.29, 1.82) is 0 Å². The Morgan fingerprint density at radius 1 is 0.971 bits per heavy atom. The molecule has 0 radical (unpaired) electrons. The highest BCUT2D eigenvalue weighted by Crippen LogP contribution is 2.42. The molecule has 4 aromatic rings. The fourth-order valence-corrected chi connectivity index (χ4v) is 4.93. The highest BCUT2D eigenvalue weighted by Gasteiger charge is 2.42. The Morgan fingerprint density at radius 3 is 2.57 bits per heavy atom. The predicted octanol–water partition coefficient (Wildman–Crippen LogP) is 5.45. The van der Waals surface area contributed by atoms with Crippen LogP contribution in [0.5, 0.6) is 0 Å². The van der Waals surface area contributed by atoms with Crippen LogP contribution in [0.4, 0.5) is 5.69 Å². The maximum atomic E-state index is 12.2. The van der Waals surface area contributed by atoms with E-state index in [1.807, 2.05) is 48.7 Å². The molecule has 1 aliphatic heterocycles. The summed E-state index contributed by atoms with van der Waals surface area (Å²) < 4.78 is 7.03. The van der Waals surface area contributed by atoms with E-state index in [0.717, 1.165) is 22.8 Å². The number of carbonyl (C=O) groups is 1. The van der Waals surface area contributed by atoms with E-state index in [4.69, 9.17) is 17.0 Å². The van der Waals surface area contributed by atoms with Gasteiger partial charge in [0.2, 0.25) is 0 Å². The molecule has 1 N–H and O–H groups in total. The van der Waals surface area contributed by atoms with Gasteiger partial charge < -0.3 is 19.5 Å². The summed E-state index contributed by atoms with van der Waals surface area (Å²) in [7, 11) is 1.39. The molecule has 2 atom stereocenters. The van der Waals surface area contributed by atoms with Gasteiger partial charge in [0.05, 0.1) is 24.4 Å². The van der Waals surface area contributed by atoms with Gasteiger partial charge in [0.15, 0.2) is 5.11 Å². The summed E-state index contributed by atoms with van der Waals surface area (Å²) in [6.07, 6.45) is 3.80. The lowest BCUT2D eigenvalue weighted by molar-refractivity contribution is 0.0600. The van der Waals surface area contributed by atoms with Gasteiger partial charge in [-0.1, -0.05) is 18.2 Å². The van der Waals surface area contributed by atoms with E-state index in [0.29, 0.717) is 10.7 Å². The van der Waals surface area contributed by atoms with Gasteiger partial charge >= 0.3 is 5.97 Å². The van der Waals surface area contributed by atoms with E-state index in [9.17, 15) is 4.79 Å². The van der Waals surface area contributed by atoms with Crippen LogP contribution in [0.3, 0.4) is 0 Å². The molecule has 0 unspecified atom stereocenters. The van der Waals surface area contributed by atoms with Crippen molar-refractivity contribution in [2.75, 3.05) is 12.0 Å². The smallest absolute Gasteiger partial charge is 0.337 e. The zero-order valence-corrected chi connectivity index (χ0v) is 20.6. The molecular weight excluding hydrogens is 456 g/mol. The van der Waals surface area contributed by atoms with E-state index >= 15 is 0 Å². The molecule has 0 amide bonds. The lowest BCUT2D eigenvalue weighted by Crippen LogP contribution is -2.30.